The van der Waals surface area contributed by atoms with Crippen molar-refractivity contribution in [2.45, 2.75) is 47.5 Å². The van der Waals surface area contributed by atoms with Crippen molar-refractivity contribution in [2.75, 3.05) is 0 Å². The van der Waals surface area contributed by atoms with Crippen molar-refractivity contribution in [3.8, 4) is 0 Å². The SMILES string of the molecule is CCCC(C)(C)C(=O)C(=O)C=C(C)C. The molecule has 0 saturated heterocycles. The van der Waals surface area contributed by atoms with Crippen LogP contribution in [0.15, 0.2) is 11.6 Å². The van der Waals surface area contributed by atoms with Crippen molar-refractivity contribution in [3.05, 3.63) is 11.6 Å². The summed E-state index contributed by atoms with van der Waals surface area (Å²) in [4.78, 5) is 23.1. The van der Waals surface area contributed by atoms with Crippen LogP contribution in [0.1, 0.15) is 47.5 Å². The molecule has 0 unspecified atom stereocenters. The van der Waals surface area contributed by atoms with Crippen LogP contribution in [0.5, 0.6) is 0 Å². The minimum atomic E-state index is -0.516. The molecule has 0 bridgehead atoms. The summed E-state index contributed by atoms with van der Waals surface area (Å²) in [6, 6.07) is 0. The monoisotopic (exact) mass is 196 g/mol. The molecular formula is C12H20O2. The third kappa shape index (κ3) is 3.86. The third-order valence-electron chi connectivity index (χ3n) is 2.13. The summed E-state index contributed by atoms with van der Waals surface area (Å²) >= 11 is 0. The fraction of sp³-hybridized carbons (Fsp3) is 0.667. The fourth-order valence-corrected chi connectivity index (χ4v) is 1.40. The van der Waals surface area contributed by atoms with Crippen LogP contribution in [0.2, 0.25) is 0 Å². The number of ketones is 2. The third-order valence-corrected chi connectivity index (χ3v) is 2.13. The predicted molar refractivity (Wildman–Crippen MR) is 58.1 cm³/mol. The normalized spacial score (nSPS) is 10.9. The van der Waals surface area contributed by atoms with E-state index in [2.05, 4.69) is 0 Å². The molecule has 0 amide bonds. The number of Topliss-reactive ketones (excluding diaryl/α,β-unsaturated/α-hetero) is 1. The molecule has 0 aliphatic heterocycles. The Hall–Kier alpha value is -0.920. The van der Waals surface area contributed by atoms with E-state index < -0.39 is 5.41 Å². The summed E-state index contributed by atoms with van der Waals surface area (Å²) in [5.41, 5.74) is 0.355. The van der Waals surface area contributed by atoms with E-state index in [-0.39, 0.29) is 11.6 Å². The van der Waals surface area contributed by atoms with Gasteiger partial charge in [0.05, 0.1) is 0 Å². The molecule has 80 valence electrons. The minimum absolute atomic E-state index is 0.277. The van der Waals surface area contributed by atoms with Gasteiger partial charge in [0.1, 0.15) is 0 Å². The lowest BCUT2D eigenvalue weighted by atomic mass is 9.81. The Morgan fingerprint density at radius 2 is 1.71 bits per heavy atom. The standard InChI is InChI=1S/C12H20O2/c1-6-7-12(4,5)11(14)10(13)8-9(2)3/h8H,6-7H2,1-5H3. The van der Waals surface area contributed by atoms with Gasteiger partial charge in [0.15, 0.2) is 0 Å². The molecule has 2 nitrogen and oxygen atoms in total. The highest BCUT2D eigenvalue weighted by molar-refractivity contribution is 6.43. The Labute approximate surface area is 86.4 Å². The topological polar surface area (TPSA) is 34.1 Å². The second-order valence-electron chi connectivity index (χ2n) is 4.55. The molecule has 0 aromatic carbocycles. The van der Waals surface area contributed by atoms with Gasteiger partial charge in [-0.2, -0.15) is 0 Å². The second-order valence-corrected chi connectivity index (χ2v) is 4.55. The molecular weight excluding hydrogens is 176 g/mol. The van der Waals surface area contributed by atoms with Crippen LogP contribution in [-0.4, -0.2) is 11.6 Å². The van der Waals surface area contributed by atoms with E-state index in [0.29, 0.717) is 0 Å². The Kier molecular flexibility index (Phi) is 4.75. The first-order valence-corrected chi connectivity index (χ1v) is 5.05. The maximum atomic E-state index is 11.7. The highest BCUT2D eigenvalue weighted by Gasteiger charge is 2.30. The maximum absolute atomic E-state index is 11.7. The van der Waals surface area contributed by atoms with Crippen LogP contribution in [-0.2, 0) is 9.59 Å². The molecule has 2 heteroatoms. The van der Waals surface area contributed by atoms with Crippen LogP contribution in [0.25, 0.3) is 0 Å². The number of hydrogen-bond donors (Lipinski definition) is 0. The molecule has 0 aromatic heterocycles. The van der Waals surface area contributed by atoms with Gasteiger partial charge in [0.25, 0.3) is 0 Å². The predicted octanol–water partition coefficient (Wildman–Crippen LogP) is 2.92. The van der Waals surface area contributed by atoms with Gasteiger partial charge in [0.2, 0.25) is 11.6 Å². The Bertz CT molecular complexity index is 255. The minimum Gasteiger partial charge on any atom is -0.290 e. The molecule has 14 heavy (non-hydrogen) atoms. The van der Waals surface area contributed by atoms with Gasteiger partial charge in [-0.3, -0.25) is 9.59 Å². The zero-order valence-electron chi connectivity index (χ0n) is 9.81. The van der Waals surface area contributed by atoms with Gasteiger partial charge in [-0.1, -0.05) is 32.8 Å². The van der Waals surface area contributed by atoms with Crippen molar-refractivity contribution in [1.29, 1.82) is 0 Å². The molecule has 0 radical (unpaired) electrons. The highest BCUT2D eigenvalue weighted by Crippen LogP contribution is 2.24. The van der Waals surface area contributed by atoms with Gasteiger partial charge in [-0.15, -0.1) is 0 Å². The number of hydrogen-bond acceptors (Lipinski definition) is 2. The Morgan fingerprint density at radius 3 is 2.07 bits per heavy atom. The Morgan fingerprint density at radius 1 is 1.21 bits per heavy atom. The van der Waals surface area contributed by atoms with Crippen LogP contribution < -0.4 is 0 Å². The van der Waals surface area contributed by atoms with Gasteiger partial charge >= 0.3 is 0 Å². The first kappa shape index (κ1) is 13.1. The maximum Gasteiger partial charge on any atom is 0.221 e. The molecule has 0 rings (SSSR count). The molecule has 0 aliphatic carbocycles. The van der Waals surface area contributed by atoms with E-state index >= 15 is 0 Å². The van der Waals surface area contributed by atoms with E-state index in [4.69, 9.17) is 0 Å². The summed E-state index contributed by atoms with van der Waals surface area (Å²) in [7, 11) is 0. The lowest BCUT2D eigenvalue weighted by Crippen LogP contribution is -2.30. The van der Waals surface area contributed by atoms with E-state index in [1.54, 1.807) is 0 Å². The van der Waals surface area contributed by atoms with E-state index in [1.165, 1.54) is 6.08 Å². The molecule has 0 N–H and O–H groups in total. The van der Waals surface area contributed by atoms with Crippen molar-refractivity contribution in [2.24, 2.45) is 5.41 Å². The van der Waals surface area contributed by atoms with E-state index in [9.17, 15) is 9.59 Å². The average molecular weight is 196 g/mol. The molecule has 0 saturated carbocycles. The molecule has 0 atom stereocenters. The molecule has 0 aliphatic rings. The van der Waals surface area contributed by atoms with Crippen LogP contribution in [0, 0.1) is 5.41 Å². The number of rotatable bonds is 5. The number of allylic oxidation sites excluding steroid dienone is 2. The fourth-order valence-electron chi connectivity index (χ4n) is 1.40. The van der Waals surface area contributed by atoms with Crippen LogP contribution >= 0.6 is 0 Å². The highest BCUT2D eigenvalue weighted by atomic mass is 16.2. The van der Waals surface area contributed by atoms with Crippen molar-refractivity contribution >= 4 is 11.6 Å². The van der Waals surface area contributed by atoms with Crippen molar-refractivity contribution in [1.82, 2.24) is 0 Å². The van der Waals surface area contributed by atoms with Crippen molar-refractivity contribution in [3.63, 3.8) is 0 Å². The summed E-state index contributed by atoms with van der Waals surface area (Å²) in [6.45, 7) is 9.31. The smallest absolute Gasteiger partial charge is 0.221 e. The summed E-state index contributed by atoms with van der Waals surface area (Å²) in [6.07, 6.45) is 3.09. The lowest BCUT2D eigenvalue weighted by molar-refractivity contribution is -0.139. The summed E-state index contributed by atoms with van der Waals surface area (Å²) in [5.74, 6) is -0.649. The lowest BCUT2D eigenvalue weighted by Gasteiger charge is -2.20. The van der Waals surface area contributed by atoms with Crippen LogP contribution in [0.4, 0.5) is 0 Å². The zero-order valence-corrected chi connectivity index (χ0v) is 9.81. The average Bonchev–Trinajstić information content (AvgIpc) is 2.01. The first-order chi connectivity index (χ1) is 6.31. The number of carbonyl (C=O) groups is 2. The van der Waals surface area contributed by atoms with Gasteiger partial charge < -0.3 is 0 Å². The quantitative estimate of drug-likeness (QED) is 0.500. The second kappa shape index (κ2) is 5.08. The van der Waals surface area contributed by atoms with Gasteiger partial charge in [-0.25, -0.2) is 0 Å². The number of carbonyl (C=O) groups excluding carboxylic acids is 2. The van der Waals surface area contributed by atoms with E-state index in [0.717, 1.165) is 18.4 Å². The molecule has 0 aromatic rings. The summed E-state index contributed by atoms with van der Waals surface area (Å²) in [5, 5.41) is 0. The van der Waals surface area contributed by atoms with Crippen molar-refractivity contribution < 1.29 is 9.59 Å². The Balaban J connectivity index is 4.62. The largest absolute Gasteiger partial charge is 0.290 e. The van der Waals surface area contributed by atoms with E-state index in [1.807, 2.05) is 34.6 Å². The summed E-state index contributed by atoms with van der Waals surface area (Å²) < 4.78 is 0. The van der Waals surface area contributed by atoms with Gasteiger partial charge in [0, 0.05) is 5.41 Å². The van der Waals surface area contributed by atoms with Gasteiger partial charge in [-0.05, 0) is 26.3 Å². The molecule has 0 spiro atoms. The first-order valence-electron chi connectivity index (χ1n) is 5.05. The van der Waals surface area contributed by atoms with Crippen LogP contribution in [0.3, 0.4) is 0 Å². The zero-order chi connectivity index (χ0) is 11.4. The molecule has 0 heterocycles. The molecule has 0 fully saturated rings.